The van der Waals surface area contributed by atoms with E-state index < -0.39 is 0 Å². The third kappa shape index (κ3) is 4.34. The third-order valence-corrected chi connectivity index (χ3v) is 4.18. The molecule has 0 radical (unpaired) electrons. The number of benzene rings is 3. The molecule has 0 unspecified atom stereocenters. The van der Waals surface area contributed by atoms with E-state index >= 15 is 0 Å². The molecule has 4 nitrogen and oxygen atoms in total. The predicted molar refractivity (Wildman–Crippen MR) is 101 cm³/mol. The molecule has 0 amide bonds. The first-order valence-electron chi connectivity index (χ1n) is 8.57. The van der Waals surface area contributed by atoms with E-state index in [1.54, 1.807) is 12.1 Å². The second kappa shape index (κ2) is 8.27. The second-order valence-corrected chi connectivity index (χ2v) is 6.06. The Kier molecular flexibility index (Phi) is 5.61. The quantitative estimate of drug-likeness (QED) is 0.419. The molecule has 0 aliphatic carbocycles. The summed E-state index contributed by atoms with van der Waals surface area (Å²) in [6.45, 7) is 4.51. The zero-order chi connectivity index (χ0) is 17.5. The Morgan fingerprint density at radius 1 is 0.960 bits per heavy atom. The molecule has 4 heteroatoms. The van der Waals surface area contributed by atoms with Crippen molar-refractivity contribution >= 4 is 16.5 Å². The molecule has 3 rings (SSSR count). The molecular formula is C21H22N3O+. The van der Waals surface area contributed by atoms with Gasteiger partial charge in [-0.1, -0.05) is 49.4 Å². The maximum Gasteiger partial charge on any atom is 0.385 e. The summed E-state index contributed by atoms with van der Waals surface area (Å²) < 4.78 is 5.91. The highest BCUT2D eigenvalue weighted by molar-refractivity contribution is 5.85. The molecule has 0 atom stereocenters. The number of fused-ring (bicyclic) bond motifs is 1. The zero-order valence-corrected chi connectivity index (χ0v) is 14.4. The lowest BCUT2D eigenvalue weighted by atomic mass is 10.0. The summed E-state index contributed by atoms with van der Waals surface area (Å²) >= 11 is 0. The van der Waals surface area contributed by atoms with Gasteiger partial charge in [0.15, 0.2) is 4.98 Å². The number of nitrogens with zero attached hydrogens (tertiary/aromatic N) is 3. The maximum atomic E-state index is 8.74. The Hall–Kier alpha value is -2.90. The first-order valence-corrected chi connectivity index (χ1v) is 8.57. The van der Waals surface area contributed by atoms with Gasteiger partial charge in [0.2, 0.25) is 5.39 Å². The molecule has 25 heavy (non-hydrogen) atoms. The Balaban J connectivity index is 1.71. The van der Waals surface area contributed by atoms with Crippen molar-refractivity contribution in [1.82, 2.24) is 4.90 Å². The lowest BCUT2D eigenvalue weighted by Gasteiger charge is -2.22. The van der Waals surface area contributed by atoms with E-state index in [2.05, 4.69) is 59.3 Å². The van der Waals surface area contributed by atoms with E-state index in [1.165, 1.54) is 16.3 Å². The Bertz CT molecular complexity index is 863. The lowest BCUT2D eigenvalue weighted by Crippen LogP contribution is -2.28. The van der Waals surface area contributed by atoms with E-state index in [-0.39, 0.29) is 0 Å². The number of hydrogen-bond donors (Lipinski definition) is 0. The predicted octanol–water partition coefficient (Wildman–Crippen LogP) is 5.57. The van der Waals surface area contributed by atoms with Crippen LogP contribution in [0, 0.1) is 5.39 Å². The van der Waals surface area contributed by atoms with Crippen molar-refractivity contribution in [3.63, 3.8) is 0 Å². The Morgan fingerprint density at radius 2 is 1.72 bits per heavy atom. The largest absolute Gasteiger partial charge is 0.478 e. The minimum Gasteiger partial charge on any atom is -0.478 e. The van der Waals surface area contributed by atoms with Crippen LogP contribution in [0.4, 0.5) is 5.69 Å². The van der Waals surface area contributed by atoms with Gasteiger partial charge in [0.05, 0.1) is 0 Å². The smallest absolute Gasteiger partial charge is 0.385 e. The summed E-state index contributed by atoms with van der Waals surface area (Å²) in [6.07, 6.45) is 1.07. The van der Waals surface area contributed by atoms with Crippen LogP contribution >= 0.6 is 0 Å². The average molecular weight is 332 g/mol. The molecule has 0 bridgehead atoms. The first kappa shape index (κ1) is 16.9. The number of ether oxygens (including phenoxy) is 1. The fraction of sp³-hybridized carbons (Fsp3) is 0.238. The van der Waals surface area contributed by atoms with Crippen LogP contribution in [-0.4, -0.2) is 18.2 Å². The van der Waals surface area contributed by atoms with Crippen LogP contribution in [0.15, 0.2) is 66.7 Å². The monoisotopic (exact) mass is 332 g/mol. The molecule has 0 aliphatic heterocycles. The molecule has 0 N–H and O–H groups in total. The molecule has 126 valence electrons. The number of hydrogen-bond acceptors (Lipinski definition) is 3. The van der Waals surface area contributed by atoms with Gasteiger partial charge in [-0.3, -0.25) is 4.90 Å². The SMILES string of the molecule is CCCN(COc1ccc([N+]#N)cc1)Cc1cccc2ccccc12. The summed E-state index contributed by atoms with van der Waals surface area (Å²) in [6, 6.07) is 22.0. The maximum absolute atomic E-state index is 8.74. The Labute approximate surface area is 148 Å². The molecule has 3 aromatic carbocycles. The van der Waals surface area contributed by atoms with Gasteiger partial charge in [-0.2, -0.15) is 0 Å². The van der Waals surface area contributed by atoms with Crippen molar-refractivity contribution in [3.8, 4) is 5.75 Å². The average Bonchev–Trinajstić information content (AvgIpc) is 2.67. The summed E-state index contributed by atoms with van der Waals surface area (Å²) in [4.78, 5) is 5.45. The van der Waals surface area contributed by atoms with Crippen LogP contribution in [0.25, 0.3) is 15.7 Å². The molecular weight excluding hydrogens is 310 g/mol. The molecule has 0 saturated carbocycles. The van der Waals surface area contributed by atoms with Crippen LogP contribution in [0.2, 0.25) is 0 Å². The van der Waals surface area contributed by atoms with Crippen LogP contribution < -0.4 is 4.74 Å². The van der Waals surface area contributed by atoms with Gasteiger partial charge >= 0.3 is 5.69 Å². The lowest BCUT2D eigenvalue weighted by molar-refractivity contribution is 0.119. The molecule has 0 spiro atoms. The van der Waals surface area contributed by atoms with Crippen LogP contribution in [-0.2, 0) is 6.54 Å². The van der Waals surface area contributed by atoms with E-state index in [9.17, 15) is 0 Å². The highest BCUT2D eigenvalue weighted by Crippen LogP contribution is 2.21. The molecule has 0 fully saturated rings. The van der Waals surface area contributed by atoms with Crippen molar-refractivity contribution in [3.05, 3.63) is 77.3 Å². The highest BCUT2D eigenvalue weighted by atomic mass is 16.5. The topological polar surface area (TPSA) is 40.6 Å². The van der Waals surface area contributed by atoms with Gasteiger partial charge in [-0.15, -0.1) is 0 Å². The Morgan fingerprint density at radius 3 is 2.48 bits per heavy atom. The van der Waals surface area contributed by atoms with Gasteiger partial charge in [0.25, 0.3) is 0 Å². The fourth-order valence-electron chi connectivity index (χ4n) is 2.95. The summed E-state index contributed by atoms with van der Waals surface area (Å²) in [5.41, 5.74) is 1.83. The molecule has 0 saturated heterocycles. The van der Waals surface area contributed by atoms with Crippen LogP contribution in [0.5, 0.6) is 5.75 Å². The summed E-state index contributed by atoms with van der Waals surface area (Å²) in [5.74, 6) is 0.770. The zero-order valence-electron chi connectivity index (χ0n) is 14.4. The van der Waals surface area contributed by atoms with Gasteiger partial charge in [0.1, 0.15) is 12.5 Å². The molecule has 0 aliphatic rings. The number of rotatable bonds is 7. The van der Waals surface area contributed by atoms with Crippen LogP contribution in [0.3, 0.4) is 0 Å². The van der Waals surface area contributed by atoms with Crippen LogP contribution in [0.1, 0.15) is 18.9 Å². The first-order chi connectivity index (χ1) is 12.3. The minimum atomic E-state index is 0.521. The molecule has 0 aromatic heterocycles. The van der Waals surface area contributed by atoms with Crippen molar-refractivity contribution in [2.24, 2.45) is 0 Å². The summed E-state index contributed by atoms with van der Waals surface area (Å²) in [5, 5.41) is 11.3. The van der Waals surface area contributed by atoms with Crippen molar-refractivity contribution < 1.29 is 4.74 Å². The second-order valence-electron chi connectivity index (χ2n) is 6.06. The van der Waals surface area contributed by atoms with Gasteiger partial charge in [0, 0.05) is 25.2 Å². The van der Waals surface area contributed by atoms with E-state index in [1.807, 2.05) is 12.1 Å². The molecule has 3 aromatic rings. The van der Waals surface area contributed by atoms with Crippen molar-refractivity contribution in [2.75, 3.05) is 13.3 Å². The fourth-order valence-corrected chi connectivity index (χ4v) is 2.95. The van der Waals surface area contributed by atoms with Gasteiger partial charge < -0.3 is 4.74 Å². The molecule has 0 heterocycles. The van der Waals surface area contributed by atoms with E-state index in [0.29, 0.717) is 12.4 Å². The minimum absolute atomic E-state index is 0.521. The normalized spacial score (nSPS) is 10.8. The van der Waals surface area contributed by atoms with E-state index in [0.717, 1.165) is 25.3 Å². The summed E-state index contributed by atoms with van der Waals surface area (Å²) in [7, 11) is 0. The van der Waals surface area contributed by atoms with Crippen molar-refractivity contribution in [1.29, 1.82) is 5.39 Å². The van der Waals surface area contributed by atoms with Gasteiger partial charge in [-0.05, 0) is 34.9 Å². The highest BCUT2D eigenvalue weighted by Gasteiger charge is 2.09. The van der Waals surface area contributed by atoms with Gasteiger partial charge in [-0.25, -0.2) is 0 Å². The third-order valence-electron chi connectivity index (χ3n) is 4.18. The number of diazo groups is 1. The standard InChI is InChI=1S/C21H22N3O/c1-2-14-24(16-25-20-12-10-19(23-22)11-13-20)15-18-8-5-7-17-6-3-4-9-21(17)18/h3-13H,2,14-16H2,1H3/q+1. The van der Waals surface area contributed by atoms with Crippen molar-refractivity contribution in [2.45, 2.75) is 19.9 Å². The van der Waals surface area contributed by atoms with E-state index in [4.69, 9.17) is 10.1 Å².